The Morgan fingerprint density at radius 1 is 1.25 bits per heavy atom. The normalized spacial score (nSPS) is 10.2. The Balaban J connectivity index is 1.91. The summed E-state index contributed by atoms with van der Waals surface area (Å²) in [5.74, 6) is 2.01. The fraction of sp³-hybridized carbons (Fsp3) is 0.286. The molecule has 1 aromatic heterocycles. The lowest BCUT2D eigenvalue weighted by atomic mass is 10.3. The van der Waals surface area contributed by atoms with E-state index in [1.54, 1.807) is 44.6 Å². The molecule has 0 aliphatic heterocycles. The molecular formula is C14H17N3O3. The van der Waals surface area contributed by atoms with Crippen molar-refractivity contribution < 1.29 is 14.3 Å². The van der Waals surface area contributed by atoms with E-state index in [9.17, 15) is 4.79 Å². The minimum absolute atomic E-state index is 0.389. The predicted octanol–water partition coefficient (Wildman–Crippen LogP) is 2.06. The van der Waals surface area contributed by atoms with Crippen LogP contribution in [-0.4, -0.2) is 34.6 Å². The van der Waals surface area contributed by atoms with Crippen LogP contribution in [0.25, 0.3) is 0 Å². The van der Waals surface area contributed by atoms with Crippen molar-refractivity contribution in [2.24, 2.45) is 7.05 Å². The monoisotopic (exact) mass is 275 g/mol. The average molecular weight is 275 g/mol. The van der Waals surface area contributed by atoms with E-state index in [4.69, 9.17) is 9.47 Å². The highest BCUT2D eigenvalue weighted by Gasteiger charge is 2.06. The van der Waals surface area contributed by atoms with Gasteiger partial charge in [0, 0.05) is 33.5 Å². The second kappa shape index (κ2) is 6.10. The number of aromatic nitrogens is 2. The zero-order valence-corrected chi connectivity index (χ0v) is 11.7. The molecule has 2 aromatic rings. The highest BCUT2D eigenvalue weighted by atomic mass is 16.6. The van der Waals surface area contributed by atoms with E-state index in [0.717, 1.165) is 5.82 Å². The van der Waals surface area contributed by atoms with Crippen LogP contribution in [0.2, 0.25) is 0 Å². The Morgan fingerprint density at radius 2 is 1.90 bits per heavy atom. The molecule has 20 heavy (non-hydrogen) atoms. The van der Waals surface area contributed by atoms with Crippen molar-refractivity contribution >= 4 is 6.09 Å². The largest absolute Gasteiger partial charge is 0.486 e. The highest BCUT2D eigenvalue weighted by Crippen LogP contribution is 2.18. The molecule has 0 fully saturated rings. The summed E-state index contributed by atoms with van der Waals surface area (Å²) in [5.41, 5.74) is 0. The summed E-state index contributed by atoms with van der Waals surface area (Å²) in [7, 11) is 5.18. The maximum absolute atomic E-state index is 11.4. The molecule has 6 heteroatoms. The Hall–Kier alpha value is -2.50. The van der Waals surface area contributed by atoms with E-state index < -0.39 is 6.09 Å². The van der Waals surface area contributed by atoms with Crippen LogP contribution in [0.15, 0.2) is 36.7 Å². The minimum Gasteiger partial charge on any atom is -0.486 e. The second-order valence-corrected chi connectivity index (χ2v) is 4.48. The van der Waals surface area contributed by atoms with Crippen molar-refractivity contribution in [1.29, 1.82) is 0 Å². The zero-order chi connectivity index (χ0) is 14.5. The topological polar surface area (TPSA) is 56.6 Å². The van der Waals surface area contributed by atoms with Crippen LogP contribution in [0.1, 0.15) is 5.82 Å². The lowest BCUT2D eigenvalue weighted by Crippen LogP contribution is -2.25. The molecule has 2 rings (SSSR count). The molecule has 0 N–H and O–H groups in total. The van der Waals surface area contributed by atoms with Crippen LogP contribution in [0.5, 0.6) is 11.5 Å². The quantitative estimate of drug-likeness (QED) is 0.857. The van der Waals surface area contributed by atoms with Gasteiger partial charge >= 0.3 is 6.09 Å². The lowest BCUT2D eigenvalue weighted by molar-refractivity contribution is 0.172. The van der Waals surface area contributed by atoms with E-state index in [2.05, 4.69) is 4.98 Å². The van der Waals surface area contributed by atoms with Crippen LogP contribution in [0, 0.1) is 0 Å². The first kappa shape index (κ1) is 13.9. The summed E-state index contributed by atoms with van der Waals surface area (Å²) in [6.07, 6.45) is 3.18. The summed E-state index contributed by atoms with van der Waals surface area (Å²) in [4.78, 5) is 16.9. The zero-order valence-electron chi connectivity index (χ0n) is 11.7. The maximum Gasteiger partial charge on any atom is 0.414 e. The van der Waals surface area contributed by atoms with Gasteiger partial charge < -0.3 is 18.9 Å². The second-order valence-electron chi connectivity index (χ2n) is 4.48. The van der Waals surface area contributed by atoms with E-state index in [-0.39, 0.29) is 0 Å². The van der Waals surface area contributed by atoms with Gasteiger partial charge in [-0.25, -0.2) is 9.78 Å². The number of rotatable bonds is 4. The third kappa shape index (κ3) is 3.50. The number of amides is 1. The van der Waals surface area contributed by atoms with Gasteiger partial charge in [0.2, 0.25) is 0 Å². The number of aryl methyl sites for hydroxylation is 1. The molecule has 0 aliphatic rings. The Labute approximate surface area is 117 Å². The third-order valence-corrected chi connectivity index (χ3v) is 2.68. The van der Waals surface area contributed by atoms with Crippen molar-refractivity contribution in [2.75, 3.05) is 14.1 Å². The van der Waals surface area contributed by atoms with Gasteiger partial charge in [-0.2, -0.15) is 0 Å². The molecule has 1 aromatic carbocycles. The first-order valence-electron chi connectivity index (χ1n) is 6.14. The molecule has 0 saturated carbocycles. The van der Waals surface area contributed by atoms with Crippen LogP contribution in [0.4, 0.5) is 4.79 Å². The standard InChI is InChI=1S/C14H17N3O3/c1-16(2)14(18)20-12-6-4-11(5-7-12)19-10-13-15-8-9-17(13)3/h4-9H,10H2,1-3H3. The third-order valence-electron chi connectivity index (χ3n) is 2.68. The number of hydrogen-bond acceptors (Lipinski definition) is 4. The molecule has 0 saturated heterocycles. The van der Waals surface area contributed by atoms with Crippen molar-refractivity contribution in [3.8, 4) is 11.5 Å². The number of nitrogens with zero attached hydrogens (tertiary/aromatic N) is 3. The van der Waals surface area contributed by atoms with Gasteiger partial charge in [0.25, 0.3) is 0 Å². The first-order chi connectivity index (χ1) is 9.56. The van der Waals surface area contributed by atoms with Gasteiger partial charge in [-0.05, 0) is 24.3 Å². The van der Waals surface area contributed by atoms with Crippen molar-refractivity contribution in [3.05, 3.63) is 42.5 Å². The summed E-state index contributed by atoms with van der Waals surface area (Å²) in [6, 6.07) is 6.88. The number of imidazole rings is 1. The minimum atomic E-state index is -0.410. The van der Waals surface area contributed by atoms with Gasteiger partial charge in [-0.1, -0.05) is 0 Å². The summed E-state index contributed by atoms with van der Waals surface area (Å²) < 4.78 is 12.6. The molecule has 0 atom stereocenters. The van der Waals surface area contributed by atoms with Crippen molar-refractivity contribution in [3.63, 3.8) is 0 Å². The van der Waals surface area contributed by atoms with E-state index >= 15 is 0 Å². The van der Waals surface area contributed by atoms with Gasteiger partial charge in [0.15, 0.2) is 0 Å². The van der Waals surface area contributed by atoms with Crippen molar-refractivity contribution in [1.82, 2.24) is 14.5 Å². The molecular weight excluding hydrogens is 258 g/mol. The number of benzene rings is 1. The van der Waals surface area contributed by atoms with Crippen LogP contribution >= 0.6 is 0 Å². The molecule has 106 valence electrons. The Kier molecular flexibility index (Phi) is 4.24. The van der Waals surface area contributed by atoms with Crippen LogP contribution in [0.3, 0.4) is 0 Å². The average Bonchev–Trinajstić information content (AvgIpc) is 2.83. The predicted molar refractivity (Wildman–Crippen MR) is 73.7 cm³/mol. The van der Waals surface area contributed by atoms with Gasteiger partial charge in [0.1, 0.15) is 23.9 Å². The van der Waals surface area contributed by atoms with Crippen LogP contribution in [-0.2, 0) is 13.7 Å². The molecule has 0 spiro atoms. The number of ether oxygens (including phenoxy) is 2. The fourth-order valence-electron chi connectivity index (χ4n) is 1.48. The van der Waals surface area contributed by atoms with Crippen LogP contribution < -0.4 is 9.47 Å². The van der Waals surface area contributed by atoms with Gasteiger partial charge in [0.05, 0.1) is 0 Å². The molecule has 0 unspecified atom stereocenters. The molecule has 1 heterocycles. The first-order valence-corrected chi connectivity index (χ1v) is 6.14. The van der Waals surface area contributed by atoms with E-state index in [0.29, 0.717) is 18.1 Å². The maximum atomic E-state index is 11.4. The van der Waals surface area contributed by atoms with Crippen molar-refractivity contribution in [2.45, 2.75) is 6.61 Å². The number of hydrogen-bond donors (Lipinski definition) is 0. The molecule has 6 nitrogen and oxygen atoms in total. The number of carbonyl (C=O) groups excluding carboxylic acids is 1. The smallest absolute Gasteiger partial charge is 0.414 e. The number of carbonyl (C=O) groups is 1. The summed E-state index contributed by atoms with van der Waals surface area (Å²) in [6.45, 7) is 0.389. The lowest BCUT2D eigenvalue weighted by Gasteiger charge is -2.11. The molecule has 0 bridgehead atoms. The summed E-state index contributed by atoms with van der Waals surface area (Å²) >= 11 is 0. The SMILES string of the molecule is CN(C)C(=O)Oc1ccc(OCc2nccn2C)cc1. The molecule has 0 aliphatic carbocycles. The molecule has 1 amide bonds. The van der Waals surface area contributed by atoms with E-state index in [1.165, 1.54) is 4.90 Å². The molecule has 0 radical (unpaired) electrons. The Morgan fingerprint density at radius 3 is 2.45 bits per heavy atom. The van der Waals surface area contributed by atoms with Gasteiger partial charge in [-0.15, -0.1) is 0 Å². The Bertz CT molecular complexity index is 576. The van der Waals surface area contributed by atoms with E-state index in [1.807, 2.05) is 17.8 Å². The van der Waals surface area contributed by atoms with Gasteiger partial charge in [-0.3, -0.25) is 0 Å². The highest BCUT2D eigenvalue weighted by molar-refractivity contribution is 5.69. The summed E-state index contributed by atoms with van der Waals surface area (Å²) in [5, 5.41) is 0. The fourth-order valence-corrected chi connectivity index (χ4v) is 1.48.